The van der Waals surface area contributed by atoms with E-state index in [-0.39, 0.29) is 11.9 Å². The van der Waals surface area contributed by atoms with E-state index in [4.69, 9.17) is 0 Å². The van der Waals surface area contributed by atoms with E-state index in [0.717, 1.165) is 19.6 Å². The summed E-state index contributed by atoms with van der Waals surface area (Å²) in [4.78, 5) is 13.9. The number of hydrogen-bond acceptors (Lipinski definition) is 3. The summed E-state index contributed by atoms with van der Waals surface area (Å²) in [6.07, 6.45) is 2.45. The summed E-state index contributed by atoms with van der Waals surface area (Å²) in [6, 6.07) is 0.831. The molecule has 2 N–H and O–H groups in total. The molecule has 0 bridgehead atoms. The molecule has 1 aliphatic carbocycles. The predicted octanol–water partition coefficient (Wildman–Crippen LogP) is 0.585. The van der Waals surface area contributed by atoms with Gasteiger partial charge in [0.25, 0.3) is 0 Å². The number of rotatable bonds is 8. The van der Waals surface area contributed by atoms with Crippen molar-refractivity contribution in [3.05, 3.63) is 0 Å². The van der Waals surface area contributed by atoms with Gasteiger partial charge in [0.15, 0.2) is 0 Å². The molecule has 4 nitrogen and oxygen atoms in total. The zero-order chi connectivity index (χ0) is 12.0. The number of likely N-dealkylation sites (N-methyl/N-ethyl adjacent to an activating group) is 1. The number of carbonyl (C=O) groups is 1. The third kappa shape index (κ3) is 5.47. The molecule has 0 saturated heterocycles. The van der Waals surface area contributed by atoms with Crippen molar-refractivity contribution in [1.82, 2.24) is 15.5 Å². The van der Waals surface area contributed by atoms with Crippen molar-refractivity contribution >= 4 is 5.91 Å². The van der Waals surface area contributed by atoms with E-state index in [9.17, 15) is 4.79 Å². The van der Waals surface area contributed by atoms with Gasteiger partial charge in [-0.2, -0.15) is 0 Å². The lowest BCUT2D eigenvalue weighted by Gasteiger charge is -2.23. The van der Waals surface area contributed by atoms with Crippen LogP contribution in [0.5, 0.6) is 0 Å². The molecule has 1 saturated carbocycles. The van der Waals surface area contributed by atoms with Crippen LogP contribution in [0.25, 0.3) is 0 Å². The van der Waals surface area contributed by atoms with Gasteiger partial charge >= 0.3 is 0 Å². The number of nitrogens with zero attached hydrogens (tertiary/aromatic N) is 1. The first kappa shape index (κ1) is 13.5. The summed E-state index contributed by atoms with van der Waals surface area (Å²) in [5, 5.41) is 6.24. The Bertz CT molecular complexity index is 212. The summed E-state index contributed by atoms with van der Waals surface area (Å²) in [5.41, 5.74) is 0. The third-order valence-corrected chi connectivity index (χ3v) is 2.96. The fourth-order valence-corrected chi connectivity index (χ4v) is 1.77. The molecule has 0 radical (unpaired) electrons. The van der Waals surface area contributed by atoms with Crippen LogP contribution in [0.3, 0.4) is 0 Å². The third-order valence-electron chi connectivity index (χ3n) is 2.96. The molecule has 4 heteroatoms. The molecule has 1 fully saturated rings. The van der Waals surface area contributed by atoms with Gasteiger partial charge in [0, 0.05) is 18.6 Å². The maximum absolute atomic E-state index is 11.6. The van der Waals surface area contributed by atoms with E-state index in [1.807, 2.05) is 0 Å². The lowest BCUT2D eigenvalue weighted by Crippen LogP contribution is -2.45. The van der Waals surface area contributed by atoms with E-state index >= 15 is 0 Å². The molecule has 1 amide bonds. The van der Waals surface area contributed by atoms with Crippen molar-refractivity contribution in [3.8, 4) is 0 Å². The molecule has 0 aromatic heterocycles. The van der Waals surface area contributed by atoms with Crippen LogP contribution in [0.15, 0.2) is 0 Å². The molecular formula is C12H25N3O. The van der Waals surface area contributed by atoms with Crippen LogP contribution in [-0.4, -0.2) is 49.1 Å². The molecule has 1 unspecified atom stereocenters. The van der Waals surface area contributed by atoms with Crippen LogP contribution >= 0.6 is 0 Å². The van der Waals surface area contributed by atoms with Gasteiger partial charge in [0.05, 0.1) is 6.54 Å². The molecule has 1 atom stereocenters. The highest BCUT2D eigenvalue weighted by Gasteiger charge is 2.21. The second kappa shape index (κ2) is 6.86. The first-order valence-electron chi connectivity index (χ1n) is 6.40. The van der Waals surface area contributed by atoms with Crippen molar-refractivity contribution in [2.75, 3.05) is 26.2 Å². The van der Waals surface area contributed by atoms with Crippen molar-refractivity contribution in [1.29, 1.82) is 0 Å². The van der Waals surface area contributed by atoms with Crippen LogP contribution in [0, 0.1) is 0 Å². The summed E-state index contributed by atoms with van der Waals surface area (Å²) < 4.78 is 0. The van der Waals surface area contributed by atoms with Crippen LogP contribution < -0.4 is 10.6 Å². The summed E-state index contributed by atoms with van der Waals surface area (Å²) in [7, 11) is 0. The average molecular weight is 227 g/mol. The first-order chi connectivity index (χ1) is 7.65. The predicted molar refractivity (Wildman–Crippen MR) is 66.4 cm³/mol. The fraction of sp³-hybridized carbons (Fsp3) is 0.917. The van der Waals surface area contributed by atoms with Crippen molar-refractivity contribution < 1.29 is 4.79 Å². The second-order valence-electron chi connectivity index (χ2n) is 4.61. The molecule has 0 heterocycles. The van der Waals surface area contributed by atoms with E-state index in [1.54, 1.807) is 0 Å². The Hall–Kier alpha value is -0.610. The molecule has 1 rings (SSSR count). The Morgan fingerprint density at radius 1 is 1.38 bits per heavy atom. The zero-order valence-corrected chi connectivity index (χ0v) is 10.8. The highest BCUT2D eigenvalue weighted by atomic mass is 16.2. The Kier molecular flexibility index (Phi) is 5.77. The van der Waals surface area contributed by atoms with Gasteiger partial charge in [0.2, 0.25) is 5.91 Å². The van der Waals surface area contributed by atoms with Gasteiger partial charge in [-0.3, -0.25) is 4.79 Å². The summed E-state index contributed by atoms with van der Waals surface area (Å²) in [6.45, 7) is 9.83. The normalized spacial score (nSPS) is 17.5. The number of amides is 1. The Morgan fingerprint density at radius 3 is 2.50 bits per heavy atom. The van der Waals surface area contributed by atoms with Crippen LogP contribution in [0.4, 0.5) is 0 Å². The second-order valence-corrected chi connectivity index (χ2v) is 4.61. The summed E-state index contributed by atoms with van der Waals surface area (Å²) in [5.74, 6) is 0.117. The molecule has 1 aliphatic rings. The zero-order valence-electron chi connectivity index (χ0n) is 10.8. The maximum atomic E-state index is 11.6. The van der Waals surface area contributed by atoms with Crippen molar-refractivity contribution in [3.63, 3.8) is 0 Å². The standard InChI is InChI=1S/C12H25N3O/c1-4-15(5-2)9-10(3)14-12(16)8-13-11-6-7-11/h10-11,13H,4-9H2,1-3H3,(H,14,16). The lowest BCUT2D eigenvalue weighted by atomic mass is 10.3. The van der Waals surface area contributed by atoms with E-state index in [0.29, 0.717) is 12.6 Å². The van der Waals surface area contributed by atoms with Gasteiger partial charge in [-0.1, -0.05) is 13.8 Å². The number of hydrogen-bond donors (Lipinski definition) is 2. The van der Waals surface area contributed by atoms with Gasteiger partial charge in [-0.25, -0.2) is 0 Å². The topological polar surface area (TPSA) is 44.4 Å². The van der Waals surface area contributed by atoms with E-state index in [1.165, 1.54) is 12.8 Å². The van der Waals surface area contributed by atoms with Gasteiger partial charge in [-0.05, 0) is 32.9 Å². The molecule has 0 aliphatic heterocycles. The monoisotopic (exact) mass is 227 g/mol. The minimum atomic E-state index is 0.117. The Balaban J connectivity index is 2.10. The summed E-state index contributed by atoms with van der Waals surface area (Å²) >= 11 is 0. The minimum absolute atomic E-state index is 0.117. The quantitative estimate of drug-likeness (QED) is 0.638. The van der Waals surface area contributed by atoms with E-state index < -0.39 is 0 Å². The molecular weight excluding hydrogens is 202 g/mol. The first-order valence-corrected chi connectivity index (χ1v) is 6.40. The molecule has 0 spiro atoms. The van der Waals surface area contributed by atoms with E-state index in [2.05, 4.69) is 36.3 Å². The van der Waals surface area contributed by atoms with Crippen LogP contribution in [0.1, 0.15) is 33.6 Å². The minimum Gasteiger partial charge on any atom is -0.351 e. The Morgan fingerprint density at radius 2 is 2.00 bits per heavy atom. The van der Waals surface area contributed by atoms with Crippen LogP contribution in [-0.2, 0) is 4.79 Å². The highest BCUT2D eigenvalue weighted by Crippen LogP contribution is 2.17. The molecule has 0 aromatic carbocycles. The smallest absolute Gasteiger partial charge is 0.234 e. The molecule has 16 heavy (non-hydrogen) atoms. The largest absolute Gasteiger partial charge is 0.351 e. The van der Waals surface area contributed by atoms with Gasteiger partial charge in [-0.15, -0.1) is 0 Å². The Labute approximate surface area is 98.8 Å². The molecule has 94 valence electrons. The fourth-order valence-electron chi connectivity index (χ4n) is 1.77. The maximum Gasteiger partial charge on any atom is 0.234 e. The van der Waals surface area contributed by atoms with Gasteiger partial charge < -0.3 is 15.5 Å². The van der Waals surface area contributed by atoms with Crippen LogP contribution in [0.2, 0.25) is 0 Å². The molecule has 0 aromatic rings. The number of carbonyl (C=O) groups excluding carboxylic acids is 1. The van der Waals surface area contributed by atoms with Crippen molar-refractivity contribution in [2.45, 2.75) is 45.7 Å². The highest BCUT2D eigenvalue weighted by molar-refractivity contribution is 5.78. The lowest BCUT2D eigenvalue weighted by molar-refractivity contribution is -0.121. The average Bonchev–Trinajstić information content (AvgIpc) is 3.06. The van der Waals surface area contributed by atoms with Gasteiger partial charge in [0.1, 0.15) is 0 Å². The van der Waals surface area contributed by atoms with Crippen molar-refractivity contribution in [2.24, 2.45) is 0 Å². The number of nitrogens with one attached hydrogen (secondary N) is 2. The SMILES string of the molecule is CCN(CC)CC(C)NC(=O)CNC1CC1.